The third-order valence-corrected chi connectivity index (χ3v) is 3.90. The van der Waals surface area contributed by atoms with E-state index >= 15 is 0 Å². The fraction of sp³-hybridized carbons (Fsp3) is 0.909. The molecule has 3 nitrogen and oxygen atoms in total. The lowest BCUT2D eigenvalue weighted by molar-refractivity contribution is -0.149. The summed E-state index contributed by atoms with van der Waals surface area (Å²) in [6.07, 6.45) is 3.83. The number of carbonyl (C=O) groups is 1. The Morgan fingerprint density at radius 1 is 1.43 bits per heavy atom. The molecule has 1 saturated carbocycles. The largest absolute Gasteiger partial charge is 0.481 e. The Hall–Kier alpha value is -0.570. The van der Waals surface area contributed by atoms with E-state index in [2.05, 4.69) is 18.7 Å². The van der Waals surface area contributed by atoms with E-state index in [9.17, 15) is 4.79 Å². The van der Waals surface area contributed by atoms with Crippen molar-refractivity contribution in [1.82, 2.24) is 4.90 Å². The molecule has 0 spiro atoms. The normalized spacial score (nSPS) is 32.9. The molecule has 1 atom stereocenters. The molecule has 2 rings (SSSR count). The fourth-order valence-electron chi connectivity index (χ4n) is 2.91. The molecule has 0 aromatic heterocycles. The molecule has 2 fully saturated rings. The van der Waals surface area contributed by atoms with E-state index in [4.69, 9.17) is 5.11 Å². The van der Waals surface area contributed by atoms with Gasteiger partial charge in [-0.3, -0.25) is 9.69 Å². The zero-order chi connectivity index (χ0) is 10.3. The van der Waals surface area contributed by atoms with E-state index in [-0.39, 0.29) is 5.92 Å². The number of carboxylic acid groups (broad SMARTS) is 1. The monoisotopic (exact) mass is 197 g/mol. The minimum absolute atomic E-state index is 0.105. The van der Waals surface area contributed by atoms with E-state index in [1.807, 2.05) is 0 Å². The van der Waals surface area contributed by atoms with Crippen LogP contribution in [0.15, 0.2) is 0 Å². The van der Waals surface area contributed by atoms with E-state index in [0.717, 1.165) is 13.1 Å². The fourth-order valence-corrected chi connectivity index (χ4v) is 2.91. The maximum Gasteiger partial charge on any atom is 0.309 e. The molecule has 2 aliphatic rings. The zero-order valence-electron chi connectivity index (χ0n) is 8.99. The first kappa shape index (κ1) is 9.97. The molecule has 0 bridgehead atoms. The van der Waals surface area contributed by atoms with Gasteiger partial charge in [0.15, 0.2) is 0 Å². The van der Waals surface area contributed by atoms with Crippen LogP contribution < -0.4 is 0 Å². The molecule has 1 saturated heterocycles. The second kappa shape index (κ2) is 3.23. The smallest absolute Gasteiger partial charge is 0.309 e. The molecular weight excluding hydrogens is 178 g/mol. The predicted octanol–water partition coefficient (Wildman–Crippen LogP) is 1.58. The average Bonchev–Trinajstić information content (AvgIpc) is 2.27. The lowest BCUT2D eigenvalue weighted by Gasteiger charge is -2.46. The molecule has 0 amide bonds. The van der Waals surface area contributed by atoms with Crippen LogP contribution in [0, 0.1) is 11.3 Å². The second-order valence-electron chi connectivity index (χ2n) is 5.39. The molecule has 1 aliphatic carbocycles. The Balaban J connectivity index is 1.90. The Labute approximate surface area is 85.1 Å². The summed E-state index contributed by atoms with van der Waals surface area (Å²) in [6.45, 7) is 6.14. The van der Waals surface area contributed by atoms with Crippen LogP contribution in [-0.2, 0) is 4.79 Å². The molecular formula is C11H19NO2. The van der Waals surface area contributed by atoms with Gasteiger partial charge in [-0.05, 0) is 18.3 Å². The first-order valence-electron chi connectivity index (χ1n) is 5.47. The highest BCUT2D eigenvalue weighted by molar-refractivity contribution is 5.71. The van der Waals surface area contributed by atoms with Crippen molar-refractivity contribution in [2.45, 2.75) is 39.2 Å². The SMILES string of the molecule is CC1(C)CCCC1N1CC(C(=O)O)C1. The summed E-state index contributed by atoms with van der Waals surface area (Å²) in [6, 6.07) is 0.623. The van der Waals surface area contributed by atoms with Gasteiger partial charge in [0.1, 0.15) is 0 Å². The van der Waals surface area contributed by atoms with Gasteiger partial charge in [-0.1, -0.05) is 20.3 Å². The summed E-state index contributed by atoms with van der Waals surface area (Å²) in [5, 5.41) is 8.80. The van der Waals surface area contributed by atoms with Gasteiger partial charge in [-0.2, -0.15) is 0 Å². The van der Waals surface area contributed by atoms with Crippen LogP contribution in [0.2, 0.25) is 0 Å². The molecule has 3 heteroatoms. The lowest BCUT2D eigenvalue weighted by Crippen LogP contribution is -2.57. The van der Waals surface area contributed by atoms with Crippen molar-refractivity contribution in [3.05, 3.63) is 0 Å². The number of nitrogens with zero attached hydrogens (tertiary/aromatic N) is 1. The first-order valence-corrected chi connectivity index (χ1v) is 5.47. The van der Waals surface area contributed by atoms with Crippen LogP contribution >= 0.6 is 0 Å². The molecule has 1 N–H and O–H groups in total. The number of hydrogen-bond donors (Lipinski definition) is 1. The predicted molar refractivity (Wildman–Crippen MR) is 54.1 cm³/mol. The maximum absolute atomic E-state index is 10.7. The molecule has 14 heavy (non-hydrogen) atoms. The Morgan fingerprint density at radius 2 is 2.07 bits per heavy atom. The van der Waals surface area contributed by atoms with Gasteiger partial charge in [0.05, 0.1) is 5.92 Å². The molecule has 1 unspecified atom stereocenters. The highest BCUT2D eigenvalue weighted by Crippen LogP contribution is 2.42. The van der Waals surface area contributed by atoms with Crippen LogP contribution in [0.1, 0.15) is 33.1 Å². The van der Waals surface area contributed by atoms with Crippen LogP contribution in [0.3, 0.4) is 0 Å². The lowest BCUT2D eigenvalue weighted by atomic mass is 9.83. The van der Waals surface area contributed by atoms with Crippen molar-refractivity contribution < 1.29 is 9.90 Å². The number of hydrogen-bond acceptors (Lipinski definition) is 2. The summed E-state index contributed by atoms with van der Waals surface area (Å²) in [4.78, 5) is 13.0. The highest BCUT2D eigenvalue weighted by Gasteiger charge is 2.44. The van der Waals surface area contributed by atoms with Crippen molar-refractivity contribution >= 4 is 5.97 Å². The van der Waals surface area contributed by atoms with E-state index < -0.39 is 5.97 Å². The van der Waals surface area contributed by atoms with Gasteiger partial charge >= 0.3 is 5.97 Å². The average molecular weight is 197 g/mol. The summed E-state index contributed by atoms with van der Waals surface area (Å²) in [5.41, 5.74) is 0.392. The van der Waals surface area contributed by atoms with Gasteiger partial charge < -0.3 is 5.11 Å². The number of carboxylic acids is 1. The topological polar surface area (TPSA) is 40.5 Å². The maximum atomic E-state index is 10.7. The molecule has 0 aromatic carbocycles. The summed E-state index contributed by atoms with van der Waals surface area (Å²) < 4.78 is 0. The third kappa shape index (κ3) is 1.54. The Bertz CT molecular complexity index is 244. The van der Waals surface area contributed by atoms with Crippen LogP contribution in [0.25, 0.3) is 0 Å². The summed E-state index contributed by atoms with van der Waals surface area (Å²) in [7, 11) is 0. The summed E-state index contributed by atoms with van der Waals surface area (Å²) >= 11 is 0. The molecule has 1 aliphatic heterocycles. The number of rotatable bonds is 2. The third-order valence-electron chi connectivity index (χ3n) is 3.90. The minimum Gasteiger partial charge on any atom is -0.481 e. The Morgan fingerprint density at radius 3 is 2.50 bits per heavy atom. The van der Waals surface area contributed by atoms with Crippen molar-refractivity contribution in [1.29, 1.82) is 0 Å². The van der Waals surface area contributed by atoms with E-state index in [0.29, 0.717) is 11.5 Å². The van der Waals surface area contributed by atoms with Gasteiger partial charge in [-0.15, -0.1) is 0 Å². The van der Waals surface area contributed by atoms with Crippen LogP contribution in [0.4, 0.5) is 0 Å². The van der Waals surface area contributed by atoms with Crippen molar-refractivity contribution in [3.63, 3.8) is 0 Å². The van der Waals surface area contributed by atoms with Crippen molar-refractivity contribution in [2.24, 2.45) is 11.3 Å². The molecule has 0 aromatic rings. The number of aliphatic carboxylic acids is 1. The zero-order valence-corrected chi connectivity index (χ0v) is 8.99. The van der Waals surface area contributed by atoms with Crippen LogP contribution in [-0.4, -0.2) is 35.1 Å². The van der Waals surface area contributed by atoms with Gasteiger partial charge in [0.25, 0.3) is 0 Å². The van der Waals surface area contributed by atoms with Crippen LogP contribution in [0.5, 0.6) is 0 Å². The molecule has 80 valence electrons. The number of likely N-dealkylation sites (tertiary alicyclic amines) is 1. The Kier molecular flexibility index (Phi) is 2.30. The second-order valence-corrected chi connectivity index (χ2v) is 5.39. The molecule has 1 heterocycles. The van der Waals surface area contributed by atoms with Gasteiger partial charge in [0.2, 0.25) is 0 Å². The minimum atomic E-state index is -0.628. The quantitative estimate of drug-likeness (QED) is 0.730. The van der Waals surface area contributed by atoms with Crippen molar-refractivity contribution in [3.8, 4) is 0 Å². The van der Waals surface area contributed by atoms with E-state index in [1.165, 1.54) is 19.3 Å². The van der Waals surface area contributed by atoms with Gasteiger partial charge in [0, 0.05) is 19.1 Å². The summed E-state index contributed by atoms with van der Waals surface area (Å²) in [5.74, 6) is -0.733. The molecule has 0 radical (unpaired) electrons. The van der Waals surface area contributed by atoms with Crippen molar-refractivity contribution in [2.75, 3.05) is 13.1 Å². The highest BCUT2D eigenvalue weighted by atomic mass is 16.4. The standard InChI is InChI=1S/C11H19NO2/c1-11(2)5-3-4-9(11)12-6-8(7-12)10(13)14/h8-9H,3-7H2,1-2H3,(H,13,14). The first-order chi connectivity index (χ1) is 6.50. The van der Waals surface area contributed by atoms with Gasteiger partial charge in [-0.25, -0.2) is 0 Å². The van der Waals surface area contributed by atoms with E-state index in [1.54, 1.807) is 0 Å².